The first-order valence-corrected chi connectivity index (χ1v) is 6.32. The van der Waals surface area contributed by atoms with Gasteiger partial charge in [0.05, 0.1) is 6.54 Å². The molecule has 2 rings (SSSR count). The van der Waals surface area contributed by atoms with E-state index in [0.29, 0.717) is 11.5 Å². The van der Waals surface area contributed by atoms with E-state index < -0.39 is 0 Å². The lowest BCUT2D eigenvalue weighted by molar-refractivity contribution is 0.358. The van der Waals surface area contributed by atoms with Crippen LogP contribution < -0.4 is 5.32 Å². The number of halogens is 1. The maximum absolute atomic E-state index is 5.45. The Labute approximate surface area is 99.6 Å². The Bertz CT molecular complexity index is 332. The summed E-state index contributed by atoms with van der Waals surface area (Å²) in [6, 6.07) is 4.61. The molecule has 0 saturated heterocycles. The van der Waals surface area contributed by atoms with Gasteiger partial charge in [0.2, 0.25) is 0 Å². The van der Waals surface area contributed by atoms with E-state index in [4.69, 9.17) is 4.42 Å². The molecule has 0 aromatic carbocycles. The van der Waals surface area contributed by atoms with Crippen LogP contribution in [-0.2, 0) is 6.54 Å². The van der Waals surface area contributed by atoms with Crippen LogP contribution in [0.25, 0.3) is 0 Å². The number of hydrogen-bond donors (Lipinski definition) is 1. The molecule has 1 saturated carbocycles. The van der Waals surface area contributed by atoms with Gasteiger partial charge < -0.3 is 9.73 Å². The summed E-state index contributed by atoms with van der Waals surface area (Å²) < 4.78 is 6.26. The Hall–Kier alpha value is -0.280. The van der Waals surface area contributed by atoms with Crippen molar-refractivity contribution < 1.29 is 4.42 Å². The Morgan fingerprint density at radius 1 is 1.53 bits per heavy atom. The van der Waals surface area contributed by atoms with Gasteiger partial charge in [-0.3, -0.25) is 0 Å². The van der Waals surface area contributed by atoms with Crippen molar-refractivity contribution in [2.24, 2.45) is 5.41 Å². The molecular weight excluding hydrogens is 254 g/mol. The van der Waals surface area contributed by atoms with Gasteiger partial charge in [0.25, 0.3) is 0 Å². The van der Waals surface area contributed by atoms with Crippen molar-refractivity contribution in [2.75, 3.05) is 0 Å². The number of hydrogen-bond acceptors (Lipinski definition) is 2. The fraction of sp³-hybridized carbons (Fsp3) is 0.667. The van der Waals surface area contributed by atoms with Gasteiger partial charge in [0.1, 0.15) is 5.76 Å². The first-order chi connectivity index (χ1) is 7.05. The van der Waals surface area contributed by atoms with E-state index in [1.165, 1.54) is 19.3 Å². The highest BCUT2D eigenvalue weighted by Crippen LogP contribution is 2.36. The highest BCUT2D eigenvalue weighted by molar-refractivity contribution is 9.10. The van der Waals surface area contributed by atoms with Crippen molar-refractivity contribution >= 4 is 15.9 Å². The third-order valence-corrected chi connectivity index (χ3v) is 3.59. The summed E-state index contributed by atoms with van der Waals surface area (Å²) in [5.74, 6) is 1.01. The van der Waals surface area contributed by atoms with E-state index in [-0.39, 0.29) is 0 Å². The van der Waals surface area contributed by atoms with Crippen LogP contribution in [-0.4, -0.2) is 6.04 Å². The van der Waals surface area contributed by atoms with Crippen molar-refractivity contribution in [1.82, 2.24) is 5.32 Å². The topological polar surface area (TPSA) is 25.2 Å². The van der Waals surface area contributed by atoms with Gasteiger partial charge in [-0.1, -0.05) is 13.8 Å². The third-order valence-electron chi connectivity index (χ3n) is 3.16. The zero-order valence-electron chi connectivity index (χ0n) is 9.35. The standard InChI is InChI=1S/C12H18BrNO/c1-12(2)6-5-9(7-12)14-8-10-3-4-11(13)15-10/h3-4,9,14H,5-8H2,1-2H3. The lowest BCUT2D eigenvalue weighted by Crippen LogP contribution is -2.26. The van der Waals surface area contributed by atoms with Crippen molar-refractivity contribution in [1.29, 1.82) is 0 Å². The Kier molecular flexibility index (Phi) is 3.21. The molecule has 2 nitrogen and oxygen atoms in total. The predicted molar refractivity (Wildman–Crippen MR) is 64.7 cm³/mol. The van der Waals surface area contributed by atoms with Gasteiger partial charge in [-0.25, -0.2) is 0 Å². The molecule has 0 amide bonds. The molecule has 1 fully saturated rings. The van der Waals surface area contributed by atoms with Gasteiger partial charge in [-0.2, -0.15) is 0 Å². The van der Waals surface area contributed by atoms with Crippen molar-refractivity contribution in [2.45, 2.75) is 45.7 Å². The SMILES string of the molecule is CC1(C)CCC(NCc2ccc(Br)o2)C1. The Morgan fingerprint density at radius 3 is 2.87 bits per heavy atom. The first kappa shape index (κ1) is 11.2. The smallest absolute Gasteiger partial charge is 0.169 e. The molecule has 84 valence electrons. The van der Waals surface area contributed by atoms with E-state index >= 15 is 0 Å². The van der Waals surface area contributed by atoms with Crippen LogP contribution in [0.4, 0.5) is 0 Å². The lowest BCUT2D eigenvalue weighted by atomic mass is 9.92. The van der Waals surface area contributed by atoms with E-state index in [1.54, 1.807) is 0 Å². The fourth-order valence-corrected chi connectivity index (χ4v) is 2.64. The molecule has 0 bridgehead atoms. The van der Waals surface area contributed by atoms with Crippen LogP contribution in [0.5, 0.6) is 0 Å². The lowest BCUT2D eigenvalue weighted by Gasteiger charge is -2.17. The quantitative estimate of drug-likeness (QED) is 0.907. The third kappa shape index (κ3) is 3.08. The van der Waals surface area contributed by atoms with Crippen LogP contribution in [0.2, 0.25) is 0 Å². The van der Waals surface area contributed by atoms with Gasteiger partial charge in [0.15, 0.2) is 4.67 Å². The maximum Gasteiger partial charge on any atom is 0.169 e. The van der Waals surface area contributed by atoms with Crippen molar-refractivity contribution in [3.05, 3.63) is 22.6 Å². The summed E-state index contributed by atoms with van der Waals surface area (Å²) in [7, 11) is 0. The molecule has 0 aliphatic heterocycles. The van der Waals surface area contributed by atoms with Gasteiger partial charge >= 0.3 is 0 Å². The van der Waals surface area contributed by atoms with E-state index in [0.717, 1.165) is 17.0 Å². The van der Waals surface area contributed by atoms with Gasteiger partial charge in [-0.15, -0.1) is 0 Å². The Balaban J connectivity index is 1.80. The van der Waals surface area contributed by atoms with Crippen LogP contribution in [0.3, 0.4) is 0 Å². The largest absolute Gasteiger partial charge is 0.453 e. The van der Waals surface area contributed by atoms with Crippen LogP contribution in [0, 0.1) is 5.41 Å². The highest BCUT2D eigenvalue weighted by atomic mass is 79.9. The molecule has 1 heterocycles. The minimum atomic E-state index is 0.515. The van der Waals surface area contributed by atoms with Gasteiger partial charge in [-0.05, 0) is 52.7 Å². The molecule has 1 N–H and O–H groups in total. The van der Waals surface area contributed by atoms with E-state index in [2.05, 4.69) is 35.1 Å². The van der Waals surface area contributed by atoms with E-state index in [9.17, 15) is 0 Å². The molecule has 3 heteroatoms. The average molecular weight is 272 g/mol. The second-order valence-electron chi connectivity index (χ2n) is 5.19. The summed E-state index contributed by atoms with van der Waals surface area (Å²) in [5.41, 5.74) is 0.515. The van der Waals surface area contributed by atoms with Crippen molar-refractivity contribution in [3.8, 4) is 0 Å². The molecule has 1 aliphatic carbocycles. The Morgan fingerprint density at radius 2 is 2.33 bits per heavy atom. The predicted octanol–water partition coefficient (Wildman–Crippen LogP) is 3.71. The summed E-state index contributed by atoms with van der Waals surface area (Å²) >= 11 is 3.31. The van der Waals surface area contributed by atoms with Crippen LogP contribution >= 0.6 is 15.9 Å². The monoisotopic (exact) mass is 271 g/mol. The molecule has 0 radical (unpaired) electrons. The minimum Gasteiger partial charge on any atom is -0.453 e. The molecule has 1 aromatic heterocycles. The average Bonchev–Trinajstić information content (AvgIpc) is 2.69. The molecule has 15 heavy (non-hydrogen) atoms. The molecule has 1 atom stereocenters. The van der Waals surface area contributed by atoms with Crippen LogP contribution in [0.15, 0.2) is 21.2 Å². The highest BCUT2D eigenvalue weighted by Gasteiger charge is 2.30. The second-order valence-corrected chi connectivity index (χ2v) is 5.97. The molecule has 1 unspecified atom stereocenters. The zero-order valence-corrected chi connectivity index (χ0v) is 10.9. The zero-order chi connectivity index (χ0) is 10.9. The number of rotatable bonds is 3. The molecule has 1 aromatic rings. The summed E-state index contributed by atoms with van der Waals surface area (Å²) in [5, 5.41) is 3.55. The minimum absolute atomic E-state index is 0.515. The van der Waals surface area contributed by atoms with E-state index in [1.807, 2.05) is 12.1 Å². The van der Waals surface area contributed by atoms with Crippen LogP contribution in [0.1, 0.15) is 38.9 Å². The first-order valence-electron chi connectivity index (χ1n) is 5.53. The van der Waals surface area contributed by atoms with Crippen molar-refractivity contribution in [3.63, 3.8) is 0 Å². The summed E-state index contributed by atoms with van der Waals surface area (Å²) in [6.07, 6.45) is 3.89. The maximum atomic E-state index is 5.45. The fourth-order valence-electron chi connectivity index (χ4n) is 2.30. The van der Waals surface area contributed by atoms with Gasteiger partial charge in [0, 0.05) is 6.04 Å². The number of nitrogens with one attached hydrogen (secondary N) is 1. The normalized spacial score (nSPS) is 24.6. The number of furan rings is 1. The molecule has 0 spiro atoms. The molecular formula is C12H18BrNO. The summed E-state index contributed by atoms with van der Waals surface area (Å²) in [6.45, 7) is 5.53. The molecule has 1 aliphatic rings. The second kappa shape index (κ2) is 4.30. The summed E-state index contributed by atoms with van der Waals surface area (Å²) in [4.78, 5) is 0.